The predicted octanol–water partition coefficient (Wildman–Crippen LogP) is 7.00. The van der Waals surface area contributed by atoms with E-state index in [-0.39, 0.29) is 5.91 Å². The molecule has 0 N–H and O–H groups in total. The number of nitrogens with zero attached hydrogens (tertiary/aromatic N) is 4. The molecule has 1 aliphatic rings. The van der Waals surface area contributed by atoms with E-state index in [1.54, 1.807) is 23.5 Å². The smallest absolute Gasteiger partial charge is 0.226 e. The topological polar surface area (TPSA) is 72.1 Å². The second-order valence-corrected chi connectivity index (χ2v) is 10.9. The molecule has 9 heteroatoms. The third kappa shape index (κ3) is 6.00. The van der Waals surface area contributed by atoms with Crippen molar-refractivity contribution in [3.05, 3.63) is 74.3 Å². The van der Waals surface area contributed by atoms with Gasteiger partial charge in [-0.3, -0.25) is 4.79 Å². The first kappa shape index (κ1) is 24.2. The van der Waals surface area contributed by atoms with Crippen LogP contribution in [0.4, 0.5) is 0 Å². The minimum Gasteiger partial charge on any atom is -0.343 e. The summed E-state index contributed by atoms with van der Waals surface area (Å²) in [6, 6.07) is 15.5. The van der Waals surface area contributed by atoms with E-state index >= 15 is 0 Å². The Bertz CT molecular complexity index is 1300. The molecular weight excluding hydrogens is 548 g/mol. The van der Waals surface area contributed by atoms with Crippen LogP contribution in [0, 0.1) is 0 Å². The molecule has 1 saturated heterocycles. The number of aryl methyl sites for hydroxylation is 1. The number of piperidine rings is 1. The summed E-state index contributed by atoms with van der Waals surface area (Å²) in [6.45, 7) is 1.55. The maximum atomic E-state index is 12.7. The lowest BCUT2D eigenvalue weighted by Crippen LogP contribution is -2.37. The Hall–Kier alpha value is -2.55. The van der Waals surface area contributed by atoms with Crippen molar-refractivity contribution in [1.29, 1.82) is 0 Å². The van der Waals surface area contributed by atoms with Gasteiger partial charge in [0.15, 0.2) is 0 Å². The van der Waals surface area contributed by atoms with Gasteiger partial charge in [-0.1, -0.05) is 44.8 Å². The van der Waals surface area contributed by atoms with Crippen LogP contribution in [0.25, 0.3) is 22.6 Å². The fourth-order valence-electron chi connectivity index (χ4n) is 4.25. The second kappa shape index (κ2) is 11.0. The Morgan fingerprint density at radius 2 is 1.91 bits per heavy atom. The summed E-state index contributed by atoms with van der Waals surface area (Å²) >= 11 is 11.2. The zero-order valence-electron chi connectivity index (χ0n) is 19.0. The lowest BCUT2D eigenvalue weighted by atomic mass is 9.97. The molecule has 35 heavy (non-hydrogen) atoms. The van der Waals surface area contributed by atoms with Crippen LogP contribution >= 0.6 is 38.9 Å². The highest BCUT2D eigenvalue weighted by molar-refractivity contribution is 9.10. The van der Waals surface area contributed by atoms with E-state index in [0.29, 0.717) is 41.9 Å². The largest absolute Gasteiger partial charge is 0.343 e. The molecule has 2 aromatic heterocycles. The summed E-state index contributed by atoms with van der Waals surface area (Å²) in [7, 11) is 0. The zero-order chi connectivity index (χ0) is 24.2. The Labute approximate surface area is 221 Å². The van der Waals surface area contributed by atoms with E-state index in [2.05, 4.69) is 43.6 Å². The molecule has 4 aromatic rings. The van der Waals surface area contributed by atoms with Crippen LogP contribution < -0.4 is 0 Å². The van der Waals surface area contributed by atoms with Crippen molar-refractivity contribution in [3.8, 4) is 22.6 Å². The molecule has 0 atom stereocenters. The number of benzene rings is 2. The summed E-state index contributed by atoms with van der Waals surface area (Å²) < 4.78 is 6.41. The van der Waals surface area contributed by atoms with Gasteiger partial charge in [-0.05, 0) is 55.7 Å². The number of halogens is 2. The van der Waals surface area contributed by atoms with E-state index < -0.39 is 0 Å². The lowest BCUT2D eigenvalue weighted by Gasteiger charge is -2.31. The predicted molar refractivity (Wildman–Crippen MR) is 141 cm³/mol. The van der Waals surface area contributed by atoms with Gasteiger partial charge < -0.3 is 9.42 Å². The van der Waals surface area contributed by atoms with Crippen molar-refractivity contribution in [2.45, 2.75) is 38.0 Å². The van der Waals surface area contributed by atoms with E-state index in [9.17, 15) is 4.79 Å². The number of amides is 1. The summed E-state index contributed by atoms with van der Waals surface area (Å²) in [5, 5.41) is 7.99. The number of hydrogen-bond acceptors (Lipinski definition) is 6. The first-order chi connectivity index (χ1) is 17.0. The normalized spacial score (nSPS) is 14.4. The van der Waals surface area contributed by atoms with Gasteiger partial charge in [0.05, 0.1) is 10.7 Å². The van der Waals surface area contributed by atoms with Crippen LogP contribution in [0.5, 0.6) is 0 Å². The quantitative estimate of drug-likeness (QED) is 0.239. The van der Waals surface area contributed by atoms with Gasteiger partial charge in [0, 0.05) is 57.9 Å². The molecule has 180 valence electrons. The minimum atomic E-state index is 0.190. The molecular formula is C26H24BrClN4O2S. The summed E-state index contributed by atoms with van der Waals surface area (Å²) in [6.07, 6.45) is 3.65. The van der Waals surface area contributed by atoms with Crippen LogP contribution in [-0.2, 0) is 11.2 Å². The van der Waals surface area contributed by atoms with Gasteiger partial charge in [0.2, 0.25) is 17.6 Å². The van der Waals surface area contributed by atoms with E-state index in [1.165, 1.54) is 5.01 Å². The maximum absolute atomic E-state index is 12.7. The molecule has 0 bridgehead atoms. The number of likely N-dealkylation sites (tertiary alicyclic amines) is 1. The van der Waals surface area contributed by atoms with Gasteiger partial charge in [0.1, 0.15) is 0 Å². The molecule has 5 rings (SSSR count). The van der Waals surface area contributed by atoms with Crippen molar-refractivity contribution in [2.75, 3.05) is 13.1 Å². The summed E-state index contributed by atoms with van der Waals surface area (Å²) in [5.41, 5.74) is 2.99. The maximum Gasteiger partial charge on any atom is 0.226 e. The SMILES string of the molecule is O=C(CCCc1nc(-c2ccc(Cl)cc2)no1)N1CCC(c2nc(-c3cccc(Br)c3)cs2)CC1. The fourth-order valence-corrected chi connectivity index (χ4v) is 5.78. The molecule has 0 radical (unpaired) electrons. The Morgan fingerprint density at radius 1 is 1.11 bits per heavy atom. The van der Waals surface area contributed by atoms with Gasteiger partial charge >= 0.3 is 0 Å². The molecule has 3 heterocycles. The molecule has 1 amide bonds. The van der Waals surface area contributed by atoms with Crippen LogP contribution in [0.1, 0.15) is 42.5 Å². The third-order valence-corrected chi connectivity index (χ3v) is 7.94. The average Bonchev–Trinajstić information content (AvgIpc) is 3.55. The standard InChI is InChI=1S/C26H24BrClN4O2S/c27-20-4-1-3-19(15-20)22-16-35-26(29-22)18-11-13-32(14-12-18)24(33)6-2-5-23-30-25(31-34-23)17-7-9-21(28)10-8-17/h1,3-4,7-10,15-16,18H,2,5-6,11-14H2. The van der Waals surface area contributed by atoms with Crippen molar-refractivity contribution < 1.29 is 9.32 Å². The minimum absolute atomic E-state index is 0.190. The number of carbonyl (C=O) groups excluding carboxylic acids is 1. The van der Waals surface area contributed by atoms with Crippen LogP contribution in [0.2, 0.25) is 5.02 Å². The Kier molecular flexibility index (Phi) is 7.60. The van der Waals surface area contributed by atoms with Gasteiger partial charge in [-0.2, -0.15) is 4.98 Å². The van der Waals surface area contributed by atoms with Gasteiger partial charge in [-0.15, -0.1) is 11.3 Å². The molecule has 2 aromatic carbocycles. The van der Waals surface area contributed by atoms with Crippen LogP contribution in [0.15, 0.2) is 62.9 Å². The summed E-state index contributed by atoms with van der Waals surface area (Å²) in [4.78, 5) is 24.0. The van der Waals surface area contributed by atoms with Crippen molar-refractivity contribution in [1.82, 2.24) is 20.0 Å². The van der Waals surface area contributed by atoms with Crippen molar-refractivity contribution >= 4 is 44.8 Å². The zero-order valence-corrected chi connectivity index (χ0v) is 22.2. The highest BCUT2D eigenvalue weighted by Crippen LogP contribution is 2.33. The van der Waals surface area contributed by atoms with E-state index in [1.807, 2.05) is 29.2 Å². The van der Waals surface area contributed by atoms with Gasteiger partial charge in [-0.25, -0.2) is 4.98 Å². The highest BCUT2D eigenvalue weighted by Gasteiger charge is 2.25. The molecule has 6 nitrogen and oxygen atoms in total. The summed E-state index contributed by atoms with van der Waals surface area (Å²) in [5.74, 6) is 1.69. The molecule has 0 spiro atoms. The van der Waals surface area contributed by atoms with E-state index in [4.69, 9.17) is 21.1 Å². The van der Waals surface area contributed by atoms with Crippen LogP contribution in [0.3, 0.4) is 0 Å². The number of aromatic nitrogens is 3. The van der Waals surface area contributed by atoms with E-state index in [0.717, 1.165) is 47.2 Å². The van der Waals surface area contributed by atoms with Crippen molar-refractivity contribution in [2.24, 2.45) is 0 Å². The Balaban J connectivity index is 1.08. The number of hydrogen-bond donors (Lipinski definition) is 0. The lowest BCUT2D eigenvalue weighted by molar-refractivity contribution is -0.132. The molecule has 0 saturated carbocycles. The number of thiazole rings is 1. The highest BCUT2D eigenvalue weighted by atomic mass is 79.9. The monoisotopic (exact) mass is 570 g/mol. The van der Waals surface area contributed by atoms with Crippen LogP contribution in [-0.4, -0.2) is 39.0 Å². The molecule has 1 aliphatic heterocycles. The average molecular weight is 572 g/mol. The second-order valence-electron chi connectivity index (χ2n) is 8.61. The fraction of sp³-hybridized carbons (Fsp3) is 0.308. The molecule has 1 fully saturated rings. The number of rotatable bonds is 7. The molecule has 0 aliphatic carbocycles. The van der Waals surface area contributed by atoms with Crippen molar-refractivity contribution in [3.63, 3.8) is 0 Å². The Morgan fingerprint density at radius 3 is 2.69 bits per heavy atom. The first-order valence-electron chi connectivity index (χ1n) is 11.6. The third-order valence-electron chi connectivity index (χ3n) is 6.19. The molecule has 0 unspecified atom stereocenters. The first-order valence-corrected chi connectivity index (χ1v) is 13.7. The van der Waals surface area contributed by atoms with Gasteiger partial charge in [0.25, 0.3) is 0 Å². The number of carbonyl (C=O) groups is 1.